The minimum atomic E-state index is 0.343. The smallest absolute Gasteiger partial charge is 0.321 e. The molecule has 0 saturated heterocycles. The predicted octanol–water partition coefficient (Wildman–Crippen LogP) is 3.30. The molecule has 1 aromatic heterocycles. The third kappa shape index (κ3) is 4.60. The van der Waals surface area contributed by atoms with Crippen LogP contribution in [0.1, 0.15) is 24.5 Å². The molecule has 0 saturated carbocycles. The molecule has 0 radical (unpaired) electrons. The Morgan fingerprint density at radius 2 is 2.00 bits per heavy atom. The van der Waals surface area contributed by atoms with Gasteiger partial charge >= 0.3 is 6.01 Å². The standard InChI is InChI=1S/C15H20N4OS/c1-4-9-16-13-17-14(20-3)19-15(18-13)21-10-12-8-6-5-7-11(12)2/h5-8H,4,9-10H2,1-3H3,(H,16,17,18,19). The fourth-order valence-corrected chi connectivity index (χ4v) is 2.63. The fraction of sp³-hybridized carbons (Fsp3) is 0.400. The first-order valence-corrected chi connectivity index (χ1v) is 7.92. The number of thioether (sulfide) groups is 1. The van der Waals surface area contributed by atoms with Crippen LogP contribution >= 0.6 is 11.8 Å². The van der Waals surface area contributed by atoms with Gasteiger partial charge in [-0.3, -0.25) is 0 Å². The molecular weight excluding hydrogens is 284 g/mol. The number of hydrogen-bond donors (Lipinski definition) is 1. The van der Waals surface area contributed by atoms with E-state index in [1.807, 2.05) is 12.1 Å². The quantitative estimate of drug-likeness (QED) is 0.792. The molecule has 0 aliphatic rings. The van der Waals surface area contributed by atoms with Gasteiger partial charge in [-0.05, 0) is 24.5 Å². The highest BCUT2D eigenvalue weighted by Crippen LogP contribution is 2.23. The summed E-state index contributed by atoms with van der Waals surface area (Å²) in [4.78, 5) is 12.9. The summed E-state index contributed by atoms with van der Waals surface area (Å²) in [6.45, 7) is 5.03. The number of anilines is 1. The minimum absolute atomic E-state index is 0.343. The van der Waals surface area contributed by atoms with Crippen LogP contribution in [0.5, 0.6) is 6.01 Å². The van der Waals surface area contributed by atoms with Crippen LogP contribution in [0.25, 0.3) is 0 Å². The predicted molar refractivity (Wildman–Crippen MR) is 85.9 cm³/mol. The first kappa shape index (κ1) is 15.6. The average Bonchev–Trinajstić information content (AvgIpc) is 2.52. The number of benzene rings is 1. The van der Waals surface area contributed by atoms with Gasteiger partial charge in [-0.15, -0.1) is 0 Å². The summed E-state index contributed by atoms with van der Waals surface area (Å²) in [5.74, 6) is 1.39. The van der Waals surface area contributed by atoms with Crippen molar-refractivity contribution in [2.24, 2.45) is 0 Å². The van der Waals surface area contributed by atoms with Crippen LogP contribution in [0, 0.1) is 6.92 Å². The highest BCUT2D eigenvalue weighted by Gasteiger charge is 2.08. The van der Waals surface area contributed by atoms with Crippen molar-refractivity contribution in [2.45, 2.75) is 31.2 Å². The highest BCUT2D eigenvalue weighted by atomic mass is 32.2. The zero-order valence-corrected chi connectivity index (χ0v) is 13.4. The van der Waals surface area contributed by atoms with Gasteiger partial charge in [-0.1, -0.05) is 43.0 Å². The van der Waals surface area contributed by atoms with Gasteiger partial charge in [0.25, 0.3) is 0 Å². The van der Waals surface area contributed by atoms with E-state index in [0.29, 0.717) is 17.1 Å². The second-order valence-electron chi connectivity index (χ2n) is 4.57. The lowest BCUT2D eigenvalue weighted by Crippen LogP contribution is -2.07. The molecule has 0 aliphatic heterocycles. The molecule has 112 valence electrons. The van der Waals surface area contributed by atoms with Crippen molar-refractivity contribution >= 4 is 17.7 Å². The summed E-state index contributed by atoms with van der Waals surface area (Å²) >= 11 is 1.58. The molecule has 2 aromatic rings. The van der Waals surface area contributed by atoms with Crippen LogP contribution in [0.15, 0.2) is 29.4 Å². The lowest BCUT2D eigenvalue weighted by atomic mass is 10.1. The van der Waals surface area contributed by atoms with E-state index in [-0.39, 0.29) is 0 Å². The summed E-state index contributed by atoms with van der Waals surface area (Å²) < 4.78 is 5.14. The van der Waals surface area contributed by atoms with Crippen molar-refractivity contribution in [2.75, 3.05) is 19.0 Å². The lowest BCUT2D eigenvalue weighted by Gasteiger charge is -2.08. The molecule has 2 rings (SSSR count). The van der Waals surface area contributed by atoms with Crippen LogP contribution in [0.3, 0.4) is 0 Å². The Morgan fingerprint density at radius 3 is 2.71 bits per heavy atom. The number of ether oxygens (including phenoxy) is 1. The maximum atomic E-state index is 5.14. The van der Waals surface area contributed by atoms with Crippen molar-refractivity contribution in [1.29, 1.82) is 0 Å². The summed E-state index contributed by atoms with van der Waals surface area (Å²) in [5, 5.41) is 3.83. The Hall–Kier alpha value is -1.82. The van der Waals surface area contributed by atoms with Gasteiger partial charge in [0.15, 0.2) is 5.16 Å². The maximum absolute atomic E-state index is 5.14. The molecule has 0 fully saturated rings. The van der Waals surface area contributed by atoms with E-state index in [1.165, 1.54) is 11.1 Å². The van der Waals surface area contributed by atoms with Crippen LogP contribution < -0.4 is 10.1 Å². The van der Waals surface area contributed by atoms with Crippen LogP contribution in [0.4, 0.5) is 5.95 Å². The van der Waals surface area contributed by atoms with Crippen molar-refractivity contribution in [3.63, 3.8) is 0 Å². The Morgan fingerprint density at radius 1 is 1.19 bits per heavy atom. The second-order valence-corrected chi connectivity index (χ2v) is 5.51. The van der Waals surface area contributed by atoms with Crippen molar-refractivity contribution in [3.8, 4) is 6.01 Å². The van der Waals surface area contributed by atoms with E-state index in [4.69, 9.17) is 4.74 Å². The van der Waals surface area contributed by atoms with E-state index < -0.39 is 0 Å². The zero-order chi connectivity index (χ0) is 15.1. The van der Waals surface area contributed by atoms with Crippen molar-refractivity contribution in [3.05, 3.63) is 35.4 Å². The van der Waals surface area contributed by atoms with Gasteiger partial charge < -0.3 is 10.1 Å². The Bertz CT molecular complexity index is 592. The number of nitrogens with one attached hydrogen (secondary N) is 1. The Labute approximate surface area is 129 Å². The molecule has 0 atom stereocenters. The largest absolute Gasteiger partial charge is 0.467 e. The van der Waals surface area contributed by atoms with E-state index in [2.05, 4.69) is 46.2 Å². The van der Waals surface area contributed by atoms with Crippen molar-refractivity contribution in [1.82, 2.24) is 15.0 Å². The van der Waals surface area contributed by atoms with Gasteiger partial charge in [-0.2, -0.15) is 15.0 Å². The SMILES string of the molecule is CCCNc1nc(OC)nc(SCc2ccccc2C)n1. The first-order chi connectivity index (χ1) is 10.2. The molecule has 1 aromatic carbocycles. The van der Waals surface area contributed by atoms with Gasteiger partial charge in [0.05, 0.1) is 7.11 Å². The number of aryl methyl sites for hydroxylation is 1. The van der Waals surface area contributed by atoms with E-state index in [1.54, 1.807) is 18.9 Å². The second kappa shape index (κ2) is 7.83. The van der Waals surface area contributed by atoms with E-state index in [0.717, 1.165) is 18.7 Å². The van der Waals surface area contributed by atoms with E-state index in [9.17, 15) is 0 Å². The number of rotatable bonds is 7. The molecule has 0 amide bonds. The summed E-state index contributed by atoms with van der Waals surface area (Å²) in [6, 6.07) is 8.67. The molecule has 0 unspecified atom stereocenters. The Kier molecular flexibility index (Phi) is 5.80. The van der Waals surface area contributed by atoms with Gasteiger partial charge in [0, 0.05) is 12.3 Å². The highest BCUT2D eigenvalue weighted by molar-refractivity contribution is 7.98. The third-order valence-electron chi connectivity index (χ3n) is 2.93. The molecule has 0 aliphatic carbocycles. The normalized spacial score (nSPS) is 10.4. The molecular formula is C15H20N4OS. The lowest BCUT2D eigenvalue weighted by molar-refractivity contribution is 0.373. The Balaban J connectivity index is 2.09. The topological polar surface area (TPSA) is 59.9 Å². The average molecular weight is 304 g/mol. The summed E-state index contributed by atoms with van der Waals surface area (Å²) in [7, 11) is 1.56. The molecule has 1 heterocycles. The fourth-order valence-electron chi connectivity index (χ4n) is 1.72. The number of aromatic nitrogens is 3. The van der Waals surface area contributed by atoms with E-state index >= 15 is 0 Å². The first-order valence-electron chi connectivity index (χ1n) is 6.94. The van der Waals surface area contributed by atoms with Gasteiger partial charge in [0.1, 0.15) is 0 Å². The van der Waals surface area contributed by atoms with Crippen LogP contribution in [0.2, 0.25) is 0 Å². The number of methoxy groups -OCH3 is 1. The third-order valence-corrected chi connectivity index (χ3v) is 3.82. The molecule has 0 bridgehead atoms. The monoisotopic (exact) mass is 304 g/mol. The maximum Gasteiger partial charge on any atom is 0.321 e. The number of nitrogens with zero attached hydrogens (tertiary/aromatic N) is 3. The zero-order valence-electron chi connectivity index (χ0n) is 12.6. The minimum Gasteiger partial charge on any atom is -0.467 e. The summed E-state index contributed by atoms with van der Waals surface area (Å²) in [5.41, 5.74) is 2.56. The van der Waals surface area contributed by atoms with Crippen LogP contribution in [-0.2, 0) is 5.75 Å². The molecule has 6 heteroatoms. The molecule has 0 spiro atoms. The molecule has 21 heavy (non-hydrogen) atoms. The number of hydrogen-bond acceptors (Lipinski definition) is 6. The molecule has 1 N–H and O–H groups in total. The van der Waals surface area contributed by atoms with Gasteiger partial charge in [0.2, 0.25) is 5.95 Å². The van der Waals surface area contributed by atoms with Crippen LogP contribution in [-0.4, -0.2) is 28.6 Å². The summed E-state index contributed by atoms with van der Waals surface area (Å²) in [6.07, 6.45) is 1.01. The molecule has 5 nitrogen and oxygen atoms in total. The van der Waals surface area contributed by atoms with Gasteiger partial charge in [-0.25, -0.2) is 0 Å². The van der Waals surface area contributed by atoms with Crippen molar-refractivity contribution < 1.29 is 4.74 Å².